The van der Waals surface area contributed by atoms with Gasteiger partial charge in [-0.1, -0.05) is 12.1 Å². The standard InChI is InChI=1S/C21H23F4N3O3S/c22-19-17(8-7-16-12-32(29,30)11-10-31-16)26-13-27-20(19)28-9-1-2-18(28)14-3-5-15(6-4-14)21(23,24)25/h3-6,13,16,18H,1-2,7-12H2/t16?,18-/m1/s1. The van der Waals surface area contributed by atoms with Gasteiger partial charge in [0, 0.05) is 6.54 Å². The van der Waals surface area contributed by atoms with E-state index >= 15 is 4.39 Å². The Morgan fingerprint density at radius 2 is 1.91 bits per heavy atom. The maximum absolute atomic E-state index is 15.3. The summed E-state index contributed by atoms with van der Waals surface area (Å²) in [6, 6.07) is 4.62. The van der Waals surface area contributed by atoms with Gasteiger partial charge >= 0.3 is 6.18 Å². The van der Waals surface area contributed by atoms with E-state index in [9.17, 15) is 21.6 Å². The van der Waals surface area contributed by atoms with Crippen molar-refractivity contribution in [3.63, 3.8) is 0 Å². The summed E-state index contributed by atoms with van der Waals surface area (Å²) in [6.07, 6.45) is -1.74. The molecule has 1 unspecified atom stereocenters. The fourth-order valence-electron chi connectivity index (χ4n) is 4.25. The molecule has 2 fully saturated rings. The van der Waals surface area contributed by atoms with Gasteiger partial charge in [-0.15, -0.1) is 0 Å². The Morgan fingerprint density at radius 1 is 1.16 bits per heavy atom. The van der Waals surface area contributed by atoms with Gasteiger partial charge in [0.2, 0.25) is 0 Å². The van der Waals surface area contributed by atoms with Gasteiger partial charge in [-0.05, 0) is 43.4 Å². The predicted octanol–water partition coefficient (Wildman–Crippen LogP) is 3.72. The van der Waals surface area contributed by atoms with Crippen molar-refractivity contribution in [3.05, 3.63) is 53.2 Å². The second-order valence-corrected chi connectivity index (χ2v) is 10.3. The van der Waals surface area contributed by atoms with Gasteiger partial charge in [-0.2, -0.15) is 13.2 Å². The minimum atomic E-state index is -4.41. The summed E-state index contributed by atoms with van der Waals surface area (Å²) >= 11 is 0. The van der Waals surface area contributed by atoms with Gasteiger partial charge in [0.25, 0.3) is 0 Å². The number of alkyl halides is 3. The molecule has 2 aliphatic rings. The molecule has 3 heterocycles. The summed E-state index contributed by atoms with van der Waals surface area (Å²) in [5.41, 5.74) is 0.101. The first-order chi connectivity index (χ1) is 15.1. The first kappa shape index (κ1) is 22.9. The molecule has 0 amide bonds. The smallest absolute Gasteiger partial charge is 0.376 e. The van der Waals surface area contributed by atoms with E-state index in [1.807, 2.05) is 0 Å². The molecule has 4 rings (SSSR count). The average Bonchev–Trinajstić information content (AvgIpc) is 3.21. The number of aryl methyl sites for hydroxylation is 1. The second kappa shape index (κ2) is 8.93. The highest BCUT2D eigenvalue weighted by atomic mass is 32.2. The summed E-state index contributed by atoms with van der Waals surface area (Å²) in [5, 5.41) is 0. The molecule has 32 heavy (non-hydrogen) atoms. The normalized spacial score (nSPS) is 23.4. The van der Waals surface area contributed by atoms with Crippen molar-refractivity contribution < 1.29 is 30.7 Å². The molecule has 1 aromatic heterocycles. The van der Waals surface area contributed by atoms with E-state index in [1.54, 1.807) is 4.90 Å². The number of sulfone groups is 1. The molecular formula is C21H23F4N3O3S. The third kappa shape index (κ3) is 5.03. The molecule has 0 aliphatic carbocycles. The Morgan fingerprint density at radius 3 is 2.59 bits per heavy atom. The highest BCUT2D eigenvalue weighted by Gasteiger charge is 2.33. The van der Waals surface area contributed by atoms with Crippen molar-refractivity contribution in [1.29, 1.82) is 0 Å². The van der Waals surface area contributed by atoms with Crippen LogP contribution in [0, 0.1) is 5.82 Å². The van der Waals surface area contributed by atoms with Crippen LogP contribution in [0.2, 0.25) is 0 Å². The molecule has 11 heteroatoms. The van der Waals surface area contributed by atoms with Crippen LogP contribution in [-0.4, -0.2) is 49.1 Å². The number of rotatable bonds is 5. The molecule has 174 valence electrons. The van der Waals surface area contributed by atoms with E-state index in [2.05, 4.69) is 9.97 Å². The molecule has 0 N–H and O–H groups in total. The highest BCUT2D eigenvalue weighted by molar-refractivity contribution is 7.91. The summed E-state index contributed by atoms with van der Waals surface area (Å²) < 4.78 is 82.9. The molecule has 0 radical (unpaired) electrons. The lowest BCUT2D eigenvalue weighted by Gasteiger charge is -2.27. The van der Waals surface area contributed by atoms with Crippen molar-refractivity contribution in [2.75, 3.05) is 29.6 Å². The third-order valence-corrected chi connectivity index (χ3v) is 7.55. The predicted molar refractivity (Wildman–Crippen MR) is 109 cm³/mol. The topological polar surface area (TPSA) is 72.4 Å². The van der Waals surface area contributed by atoms with Crippen LogP contribution in [0.15, 0.2) is 30.6 Å². The van der Waals surface area contributed by atoms with Crippen LogP contribution in [0.4, 0.5) is 23.4 Å². The van der Waals surface area contributed by atoms with Crippen LogP contribution in [0.25, 0.3) is 0 Å². The number of benzene rings is 1. The quantitative estimate of drug-likeness (QED) is 0.617. The van der Waals surface area contributed by atoms with E-state index < -0.39 is 33.5 Å². The molecule has 0 spiro atoms. The SMILES string of the molecule is O=S1(=O)CCOC(CCc2ncnc(N3CCC[C@@H]3c3ccc(C(F)(F)F)cc3)c2F)C1. The van der Waals surface area contributed by atoms with Crippen LogP contribution >= 0.6 is 0 Å². The number of hydrogen-bond donors (Lipinski definition) is 0. The summed E-state index contributed by atoms with van der Waals surface area (Å²) in [4.78, 5) is 9.88. The minimum absolute atomic E-state index is 0.00415. The lowest BCUT2D eigenvalue weighted by Crippen LogP contribution is -2.34. The van der Waals surface area contributed by atoms with Gasteiger partial charge in [0.05, 0.1) is 41.5 Å². The number of ether oxygens (including phenoxy) is 1. The van der Waals surface area contributed by atoms with Gasteiger partial charge < -0.3 is 9.64 Å². The van der Waals surface area contributed by atoms with Crippen LogP contribution in [0.5, 0.6) is 0 Å². The molecule has 2 atom stereocenters. The van der Waals surface area contributed by atoms with Crippen LogP contribution < -0.4 is 4.90 Å². The van der Waals surface area contributed by atoms with Crippen molar-refractivity contribution in [1.82, 2.24) is 9.97 Å². The van der Waals surface area contributed by atoms with Crippen molar-refractivity contribution in [3.8, 4) is 0 Å². The molecule has 2 saturated heterocycles. The van der Waals surface area contributed by atoms with Crippen molar-refractivity contribution in [2.24, 2.45) is 0 Å². The molecular weight excluding hydrogens is 450 g/mol. The highest BCUT2D eigenvalue weighted by Crippen LogP contribution is 2.38. The zero-order valence-corrected chi connectivity index (χ0v) is 18.0. The summed E-state index contributed by atoms with van der Waals surface area (Å²) in [7, 11) is -3.15. The zero-order chi connectivity index (χ0) is 22.9. The first-order valence-electron chi connectivity index (χ1n) is 10.4. The van der Waals surface area contributed by atoms with Crippen molar-refractivity contribution >= 4 is 15.7 Å². The Hall–Kier alpha value is -2.27. The fourth-order valence-corrected chi connectivity index (χ4v) is 5.60. The molecule has 0 saturated carbocycles. The summed E-state index contributed by atoms with van der Waals surface area (Å²) in [5.74, 6) is -0.579. The lowest BCUT2D eigenvalue weighted by molar-refractivity contribution is -0.137. The van der Waals surface area contributed by atoms with E-state index in [1.165, 1.54) is 18.5 Å². The molecule has 1 aromatic carbocycles. The van der Waals surface area contributed by atoms with Crippen molar-refractivity contribution in [2.45, 2.75) is 44.0 Å². The Kier molecular flexibility index (Phi) is 6.39. The minimum Gasteiger partial charge on any atom is -0.376 e. The number of aromatic nitrogens is 2. The maximum atomic E-state index is 15.3. The van der Waals surface area contributed by atoms with Crippen LogP contribution in [0.1, 0.15) is 42.1 Å². The fraction of sp³-hybridized carbons (Fsp3) is 0.524. The van der Waals surface area contributed by atoms with E-state index in [4.69, 9.17) is 4.74 Å². The molecule has 2 aliphatic heterocycles. The van der Waals surface area contributed by atoms with Crippen LogP contribution in [0.3, 0.4) is 0 Å². The van der Waals surface area contributed by atoms with Gasteiger partial charge in [0.1, 0.15) is 6.33 Å². The van der Waals surface area contributed by atoms with Crippen LogP contribution in [-0.2, 0) is 27.2 Å². The first-order valence-corrected chi connectivity index (χ1v) is 12.2. The molecule has 6 nitrogen and oxygen atoms in total. The molecule has 0 bridgehead atoms. The third-order valence-electron chi connectivity index (χ3n) is 5.88. The number of hydrogen-bond acceptors (Lipinski definition) is 6. The Labute approximate surface area is 183 Å². The number of nitrogens with zero attached hydrogens (tertiary/aromatic N) is 3. The largest absolute Gasteiger partial charge is 0.416 e. The van der Waals surface area contributed by atoms with E-state index in [-0.39, 0.29) is 42.1 Å². The molecule has 2 aromatic rings. The van der Waals surface area contributed by atoms with E-state index in [0.29, 0.717) is 24.9 Å². The summed E-state index contributed by atoms with van der Waals surface area (Å²) in [6.45, 7) is 0.649. The lowest BCUT2D eigenvalue weighted by atomic mass is 10.0. The Bertz CT molecular complexity index is 1060. The van der Waals surface area contributed by atoms with Gasteiger partial charge in [-0.25, -0.2) is 22.8 Å². The number of anilines is 1. The Balaban J connectivity index is 1.50. The average molecular weight is 473 g/mol. The number of halogens is 4. The zero-order valence-electron chi connectivity index (χ0n) is 17.2. The van der Waals surface area contributed by atoms with Gasteiger partial charge in [-0.3, -0.25) is 0 Å². The van der Waals surface area contributed by atoms with E-state index in [0.717, 1.165) is 18.6 Å². The van der Waals surface area contributed by atoms with Gasteiger partial charge in [0.15, 0.2) is 21.5 Å². The monoisotopic (exact) mass is 473 g/mol. The maximum Gasteiger partial charge on any atom is 0.416 e. The second-order valence-electron chi connectivity index (χ2n) is 8.07.